The van der Waals surface area contributed by atoms with Gasteiger partial charge in [0.15, 0.2) is 0 Å². The fourth-order valence-electron chi connectivity index (χ4n) is 2.29. The molecular weight excluding hydrogens is 288 g/mol. The molecule has 2 N–H and O–H groups in total. The lowest BCUT2D eigenvalue weighted by atomic mass is 10.1. The van der Waals surface area contributed by atoms with Crippen LogP contribution in [-0.4, -0.2) is 22.7 Å². The molecule has 0 aliphatic rings. The van der Waals surface area contributed by atoms with Crippen molar-refractivity contribution < 1.29 is 4.79 Å². The summed E-state index contributed by atoms with van der Waals surface area (Å²) < 4.78 is 1.79. The van der Waals surface area contributed by atoms with Crippen LogP contribution in [0.3, 0.4) is 0 Å². The monoisotopic (exact) mass is 306 g/mol. The normalized spacial score (nSPS) is 12.0. The number of aryl methyl sites for hydroxylation is 2. The van der Waals surface area contributed by atoms with Crippen molar-refractivity contribution in [2.45, 2.75) is 19.9 Å². The van der Waals surface area contributed by atoms with Gasteiger partial charge in [-0.2, -0.15) is 5.10 Å². The molecule has 2 aromatic rings. The lowest BCUT2D eigenvalue weighted by Crippen LogP contribution is -2.18. The number of halogens is 1. The Morgan fingerprint density at radius 1 is 1.43 bits per heavy atom. The number of carbonyl (C=O) groups is 1. The minimum Gasteiger partial charge on any atom is -0.378 e. The fraction of sp³-hybridized carbons (Fsp3) is 0.333. The summed E-state index contributed by atoms with van der Waals surface area (Å²) >= 11 is 6.05. The van der Waals surface area contributed by atoms with E-state index in [0.717, 1.165) is 16.9 Å². The molecule has 6 heteroatoms. The van der Waals surface area contributed by atoms with Gasteiger partial charge in [0, 0.05) is 31.5 Å². The zero-order valence-electron chi connectivity index (χ0n) is 12.6. The number of anilines is 1. The molecule has 1 heterocycles. The molecule has 1 aromatic carbocycles. The molecule has 0 saturated carbocycles. The minimum atomic E-state index is -0.200. The zero-order valence-corrected chi connectivity index (χ0v) is 13.3. The van der Waals surface area contributed by atoms with Gasteiger partial charge >= 0.3 is 0 Å². The molecule has 2 rings (SSSR count). The molecule has 1 amide bonds. The lowest BCUT2D eigenvalue weighted by Gasteiger charge is -2.16. The van der Waals surface area contributed by atoms with Gasteiger partial charge in [-0.25, -0.2) is 0 Å². The largest absolute Gasteiger partial charge is 0.378 e. The summed E-state index contributed by atoms with van der Waals surface area (Å²) in [7, 11) is 3.48. The van der Waals surface area contributed by atoms with Crippen molar-refractivity contribution >= 4 is 23.2 Å². The zero-order chi connectivity index (χ0) is 15.6. The first-order chi connectivity index (χ1) is 9.92. The van der Waals surface area contributed by atoms with E-state index >= 15 is 0 Å². The molecule has 0 radical (unpaired) electrons. The summed E-state index contributed by atoms with van der Waals surface area (Å²) in [5, 5.41) is 10.7. The van der Waals surface area contributed by atoms with Crippen molar-refractivity contribution in [3.05, 3.63) is 46.2 Å². The number of hydrogen-bond donors (Lipinski definition) is 2. The van der Waals surface area contributed by atoms with Crippen LogP contribution in [0, 0.1) is 6.92 Å². The first-order valence-corrected chi connectivity index (χ1v) is 7.08. The smallest absolute Gasteiger partial charge is 0.252 e. The van der Waals surface area contributed by atoms with Crippen molar-refractivity contribution in [3.63, 3.8) is 0 Å². The van der Waals surface area contributed by atoms with Gasteiger partial charge in [0.1, 0.15) is 0 Å². The molecule has 0 fully saturated rings. The Balaban J connectivity index is 2.23. The maximum Gasteiger partial charge on any atom is 0.252 e. The van der Waals surface area contributed by atoms with Crippen LogP contribution >= 0.6 is 11.6 Å². The molecule has 0 spiro atoms. The summed E-state index contributed by atoms with van der Waals surface area (Å²) in [6, 6.07) is 5.41. The molecule has 112 valence electrons. The molecule has 5 nitrogen and oxygen atoms in total. The topological polar surface area (TPSA) is 59.0 Å². The summed E-state index contributed by atoms with van der Waals surface area (Å²) in [6.45, 7) is 4.03. The molecule has 1 unspecified atom stereocenters. The lowest BCUT2D eigenvalue weighted by molar-refractivity contribution is 0.0963. The highest BCUT2D eigenvalue weighted by Gasteiger charge is 2.14. The number of benzene rings is 1. The molecule has 0 aliphatic heterocycles. The standard InChI is InChI=1S/C15H19ClN4O/c1-9(13-8-20(4)19-10(13)2)18-11-5-6-14(16)12(7-11)15(21)17-3/h5-9,18H,1-4H3,(H,17,21). The van der Waals surface area contributed by atoms with Crippen molar-refractivity contribution in [2.24, 2.45) is 7.05 Å². The number of carbonyl (C=O) groups excluding carboxylic acids is 1. The van der Waals surface area contributed by atoms with Crippen molar-refractivity contribution in [1.29, 1.82) is 0 Å². The fourth-order valence-corrected chi connectivity index (χ4v) is 2.50. The average Bonchev–Trinajstić information content (AvgIpc) is 2.79. The molecule has 1 atom stereocenters. The minimum absolute atomic E-state index is 0.0809. The summed E-state index contributed by atoms with van der Waals surface area (Å²) in [4.78, 5) is 11.8. The van der Waals surface area contributed by atoms with Crippen molar-refractivity contribution in [3.8, 4) is 0 Å². The van der Waals surface area contributed by atoms with Gasteiger partial charge in [-0.1, -0.05) is 11.6 Å². The predicted molar refractivity (Wildman–Crippen MR) is 84.8 cm³/mol. The van der Waals surface area contributed by atoms with Gasteiger partial charge < -0.3 is 10.6 Å². The molecule has 0 aliphatic carbocycles. The summed E-state index contributed by atoms with van der Waals surface area (Å²) in [6.07, 6.45) is 1.99. The van der Waals surface area contributed by atoms with Crippen LogP contribution in [0.4, 0.5) is 5.69 Å². The maximum atomic E-state index is 11.8. The van der Waals surface area contributed by atoms with Gasteiger partial charge in [0.05, 0.1) is 22.3 Å². The van der Waals surface area contributed by atoms with Gasteiger partial charge in [-0.15, -0.1) is 0 Å². The van der Waals surface area contributed by atoms with Gasteiger partial charge in [0.25, 0.3) is 5.91 Å². The summed E-state index contributed by atoms with van der Waals surface area (Å²) in [5.41, 5.74) is 3.40. The van der Waals surface area contributed by atoms with E-state index in [9.17, 15) is 4.79 Å². The van der Waals surface area contributed by atoms with E-state index in [1.165, 1.54) is 0 Å². The number of hydrogen-bond acceptors (Lipinski definition) is 3. The van der Waals surface area contributed by atoms with E-state index in [-0.39, 0.29) is 11.9 Å². The van der Waals surface area contributed by atoms with Gasteiger partial charge in [-0.3, -0.25) is 9.48 Å². The quantitative estimate of drug-likeness (QED) is 0.913. The van der Waals surface area contributed by atoms with E-state index in [0.29, 0.717) is 10.6 Å². The molecule has 1 aromatic heterocycles. The first-order valence-electron chi connectivity index (χ1n) is 6.70. The Labute approximate surface area is 129 Å². The molecule has 21 heavy (non-hydrogen) atoms. The van der Waals surface area contributed by atoms with E-state index < -0.39 is 0 Å². The Hall–Kier alpha value is -2.01. The Morgan fingerprint density at radius 2 is 2.14 bits per heavy atom. The van der Waals surface area contributed by atoms with Crippen molar-refractivity contribution in [2.75, 3.05) is 12.4 Å². The van der Waals surface area contributed by atoms with E-state index in [1.807, 2.05) is 26.2 Å². The highest BCUT2D eigenvalue weighted by Crippen LogP contribution is 2.25. The highest BCUT2D eigenvalue weighted by molar-refractivity contribution is 6.34. The number of aromatic nitrogens is 2. The second kappa shape index (κ2) is 6.18. The van der Waals surface area contributed by atoms with Gasteiger partial charge in [0.2, 0.25) is 0 Å². The predicted octanol–water partition coefficient (Wildman–Crippen LogP) is 2.91. The van der Waals surface area contributed by atoms with Crippen LogP contribution in [-0.2, 0) is 7.05 Å². The number of nitrogens with one attached hydrogen (secondary N) is 2. The SMILES string of the molecule is CNC(=O)c1cc(NC(C)c2cn(C)nc2C)ccc1Cl. The Morgan fingerprint density at radius 3 is 2.71 bits per heavy atom. The van der Waals surface area contributed by atoms with Crippen LogP contribution in [0.2, 0.25) is 5.02 Å². The van der Waals surface area contributed by atoms with Crippen molar-refractivity contribution in [1.82, 2.24) is 15.1 Å². The average molecular weight is 307 g/mol. The maximum absolute atomic E-state index is 11.8. The van der Waals surface area contributed by atoms with Gasteiger partial charge in [-0.05, 0) is 32.0 Å². The van der Waals surface area contributed by atoms with Crippen LogP contribution in [0.1, 0.15) is 34.6 Å². The highest BCUT2D eigenvalue weighted by atomic mass is 35.5. The second-order valence-electron chi connectivity index (χ2n) is 4.98. The first kappa shape index (κ1) is 15.4. The Kier molecular flexibility index (Phi) is 4.53. The number of rotatable bonds is 4. The molecule has 0 saturated heterocycles. The molecular formula is C15H19ClN4O. The van der Waals surface area contributed by atoms with Crippen LogP contribution in [0.15, 0.2) is 24.4 Å². The summed E-state index contributed by atoms with van der Waals surface area (Å²) in [5.74, 6) is -0.200. The van der Waals surface area contributed by atoms with Crippen LogP contribution < -0.4 is 10.6 Å². The molecule has 0 bridgehead atoms. The van der Waals surface area contributed by atoms with Crippen LogP contribution in [0.25, 0.3) is 0 Å². The third-order valence-corrected chi connectivity index (χ3v) is 3.67. The van der Waals surface area contributed by atoms with Crippen LogP contribution in [0.5, 0.6) is 0 Å². The Bertz CT molecular complexity index is 666. The van der Waals surface area contributed by atoms with E-state index in [1.54, 1.807) is 23.9 Å². The number of amides is 1. The number of nitrogens with zero attached hydrogens (tertiary/aromatic N) is 2. The van der Waals surface area contributed by atoms with E-state index in [4.69, 9.17) is 11.6 Å². The van der Waals surface area contributed by atoms with E-state index in [2.05, 4.69) is 22.7 Å². The second-order valence-corrected chi connectivity index (χ2v) is 5.39. The third-order valence-electron chi connectivity index (χ3n) is 3.34. The third kappa shape index (κ3) is 3.36.